The van der Waals surface area contributed by atoms with Crippen molar-refractivity contribution in [3.8, 4) is 0 Å². The summed E-state index contributed by atoms with van der Waals surface area (Å²) in [4.78, 5) is 0. The van der Waals surface area contributed by atoms with E-state index in [9.17, 15) is 0 Å². The highest BCUT2D eigenvalue weighted by atomic mass is 16.5. The molecule has 0 aromatic heterocycles. The molecular formula is C13H26N2O. The Morgan fingerprint density at radius 2 is 2.38 bits per heavy atom. The summed E-state index contributed by atoms with van der Waals surface area (Å²) in [7, 11) is 1.77. The lowest BCUT2D eigenvalue weighted by Crippen LogP contribution is -2.28. The zero-order valence-corrected chi connectivity index (χ0v) is 11.0. The molecule has 3 heteroatoms. The minimum absolute atomic E-state index is 0.500. The molecular weight excluding hydrogens is 200 g/mol. The van der Waals surface area contributed by atoms with Gasteiger partial charge in [0.05, 0.1) is 12.6 Å². The van der Waals surface area contributed by atoms with Gasteiger partial charge in [-0.25, -0.2) is 0 Å². The predicted octanol–water partition coefficient (Wildman–Crippen LogP) is 2.91. The lowest BCUT2D eigenvalue weighted by atomic mass is 10.1. The summed E-state index contributed by atoms with van der Waals surface area (Å²) < 4.78 is 5.21. The second-order valence-corrected chi connectivity index (χ2v) is 4.80. The topological polar surface area (TPSA) is 24.8 Å². The van der Waals surface area contributed by atoms with Gasteiger partial charge in [-0.05, 0) is 25.2 Å². The van der Waals surface area contributed by atoms with Crippen LogP contribution >= 0.6 is 0 Å². The zero-order valence-electron chi connectivity index (χ0n) is 11.0. The van der Waals surface area contributed by atoms with E-state index in [-0.39, 0.29) is 0 Å². The van der Waals surface area contributed by atoms with E-state index in [0.717, 1.165) is 13.2 Å². The Bertz CT molecular complexity index is 206. The van der Waals surface area contributed by atoms with E-state index < -0.39 is 0 Å². The van der Waals surface area contributed by atoms with Gasteiger partial charge in [-0.1, -0.05) is 26.7 Å². The smallest absolute Gasteiger partial charge is 0.0704 e. The quantitative estimate of drug-likeness (QED) is 0.624. The minimum Gasteiger partial charge on any atom is -0.382 e. The van der Waals surface area contributed by atoms with Crippen LogP contribution in [0, 0.1) is 5.92 Å². The Balaban J connectivity index is 2.31. The summed E-state index contributed by atoms with van der Waals surface area (Å²) in [6, 6.07) is 0.500. The average Bonchev–Trinajstić information content (AvgIpc) is 2.72. The third kappa shape index (κ3) is 4.52. The van der Waals surface area contributed by atoms with Crippen LogP contribution in [0.3, 0.4) is 0 Å². The van der Waals surface area contributed by atoms with Gasteiger partial charge in [0.2, 0.25) is 0 Å². The van der Waals surface area contributed by atoms with E-state index in [0.29, 0.717) is 12.0 Å². The maximum atomic E-state index is 5.21. The first-order valence-corrected chi connectivity index (χ1v) is 6.57. The summed E-state index contributed by atoms with van der Waals surface area (Å²) in [5.41, 5.74) is 0. The number of nitrogens with zero attached hydrogens (tertiary/aromatic N) is 2. The first kappa shape index (κ1) is 13.5. The normalized spacial score (nSPS) is 23.2. The third-order valence-electron chi connectivity index (χ3n) is 3.19. The van der Waals surface area contributed by atoms with Crippen LogP contribution in [-0.2, 0) is 4.74 Å². The first-order valence-electron chi connectivity index (χ1n) is 6.57. The molecule has 0 aliphatic carbocycles. The molecule has 0 N–H and O–H groups in total. The van der Waals surface area contributed by atoms with Gasteiger partial charge in [-0.15, -0.1) is 0 Å². The molecule has 0 unspecified atom stereocenters. The van der Waals surface area contributed by atoms with Crippen molar-refractivity contribution in [2.45, 2.75) is 52.0 Å². The third-order valence-corrected chi connectivity index (χ3v) is 3.19. The van der Waals surface area contributed by atoms with Gasteiger partial charge in [0, 0.05) is 19.9 Å². The highest BCUT2D eigenvalue weighted by Gasteiger charge is 2.22. The summed E-state index contributed by atoms with van der Waals surface area (Å²) in [6.45, 7) is 6.38. The zero-order chi connectivity index (χ0) is 11.8. The molecule has 0 amide bonds. The van der Waals surface area contributed by atoms with Crippen LogP contribution in [0.4, 0.5) is 0 Å². The van der Waals surface area contributed by atoms with Gasteiger partial charge in [-0.3, -0.25) is 5.01 Å². The molecule has 0 radical (unpaired) electrons. The van der Waals surface area contributed by atoms with Crippen molar-refractivity contribution in [3.63, 3.8) is 0 Å². The maximum absolute atomic E-state index is 5.21. The summed E-state index contributed by atoms with van der Waals surface area (Å²) >= 11 is 0. The predicted molar refractivity (Wildman–Crippen MR) is 68.8 cm³/mol. The Labute approximate surface area is 99.9 Å². The molecule has 2 atom stereocenters. The fourth-order valence-electron chi connectivity index (χ4n) is 2.13. The SMILES string of the molecule is CCCC[C@@H](C)/C=N/N1CCC[C@@H]1COC. The number of ether oxygens (including phenoxy) is 1. The average molecular weight is 226 g/mol. The number of rotatable bonds is 7. The highest BCUT2D eigenvalue weighted by molar-refractivity contribution is 5.59. The lowest BCUT2D eigenvalue weighted by molar-refractivity contribution is 0.118. The molecule has 16 heavy (non-hydrogen) atoms. The van der Waals surface area contributed by atoms with Crippen LogP contribution in [0.1, 0.15) is 46.0 Å². The first-order chi connectivity index (χ1) is 7.77. The van der Waals surface area contributed by atoms with Crippen LogP contribution in [0.2, 0.25) is 0 Å². The van der Waals surface area contributed by atoms with Crippen molar-refractivity contribution in [2.75, 3.05) is 20.3 Å². The molecule has 1 rings (SSSR count). The number of hydrogen-bond donors (Lipinski definition) is 0. The van der Waals surface area contributed by atoms with Crippen LogP contribution in [0.25, 0.3) is 0 Å². The van der Waals surface area contributed by atoms with Gasteiger partial charge < -0.3 is 4.74 Å². The number of hydrazone groups is 1. The molecule has 94 valence electrons. The van der Waals surface area contributed by atoms with E-state index in [1.807, 2.05) is 0 Å². The van der Waals surface area contributed by atoms with Crippen LogP contribution in [0.5, 0.6) is 0 Å². The molecule has 1 saturated heterocycles. The van der Waals surface area contributed by atoms with Crippen LogP contribution in [0.15, 0.2) is 5.10 Å². The van der Waals surface area contributed by atoms with Crippen LogP contribution in [-0.4, -0.2) is 37.5 Å². The molecule has 1 fully saturated rings. The lowest BCUT2D eigenvalue weighted by Gasteiger charge is -2.21. The Kier molecular flexibility index (Phi) is 6.46. The molecule has 1 aliphatic heterocycles. The molecule has 0 spiro atoms. The van der Waals surface area contributed by atoms with Gasteiger partial charge in [0.15, 0.2) is 0 Å². The Morgan fingerprint density at radius 3 is 3.06 bits per heavy atom. The Hall–Kier alpha value is -0.570. The fraction of sp³-hybridized carbons (Fsp3) is 0.923. The van der Waals surface area contributed by atoms with Crippen molar-refractivity contribution < 1.29 is 4.74 Å². The fourth-order valence-corrected chi connectivity index (χ4v) is 2.13. The van der Waals surface area contributed by atoms with E-state index >= 15 is 0 Å². The van der Waals surface area contributed by atoms with Crippen molar-refractivity contribution in [2.24, 2.45) is 11.0 Å². The molecule has 1 aliphatic rings. The number of hydrogen-bond acceptors (Lipinski definition) is 3. The summed E-state index contributed by atoms with van der Waals surface area (Å²) in [6.07, 6.45) is 8.40. The standard InChI is InChI=1S/C13H26N2O/c1-4-5-7-12(2)10-14-15-9-6-8-13(15)11-16-3/h10,12-13H,4-9,11H2,1-3H3/b14-10+/t12-,13-/m1/s1. The van der Waals surface area contributed by atoms with Gasteiger partial charge in [-0.2, -0.15) is 5.10 Å². The van der Waals surface area contributed by atoms with Crippen molar-refractivity contribution in [1.82, 2.24) is 5.01 Å². The number of unbranched alkanes of at least 4 members (excludes halogenated alkanes) is 1. The monoisotopic (exact) mass is 226 g/mol. The molecule has 0 bridgehead atoms. The Morgan fingerprint density at radius 1 is 1.56 bits per heavy atom. The highest BCUT2D eigenvalue weighted by Crippen LogP contribution is 2.17. The summed E-state index contributed by atoms with van der Waals surface area (Å²) in [5.74, 6) is 0.601. The van der Waals surface area contributed by atoms with E-state index in [4.69, 9.17) is 4.74 Å². The van der Waals surface area contributed by atoms with Gasteiger partial charge >= 0.3 is 0 Å². The molecule has 1 heterocycles. The van der Waals surface area contributed by atoms with E-state index in [2.05, 4.69) is 30.2 Å². The van der Waals surface area contributed by atoms with E-state index in [1.54, 1.807) is 7.11 Å². The molecule has 3 nitrogen and oxygen atoms in total. The second kappa shape index (κ2) is 7.66. The number of methoxy groups -OCH3 is 1. The van der Waals surface area contributed by atoms with Crippen molar-refractivity contribution in [1.29, 1.82) is 0 Å². The minimum atomic E-state index is 0.500. The van der Waals surface area contributed by atoms with Gasteiger partial charge in [0.1, 0.15) is 0 Å². The summed E-state index contributed by atoms with van der Waals surface area (Å²) in [5, 5.41) is 6.80. The molecule has 0 saturated carbocycles. The van der Waals surface area contributed by atoms with Crippen molar-refractivity contribution in [3.05, 3.63) is 0 Å². The van der Waals surface area contributed by atoms with Crippen molar-refractivity contribution >= 4 is 6.21 Å². The second-order valence-electron chi connectivity index (χ2n) is 4.80. The van der Waals surface area contributed by atoms with Crippen LogP contribution < -0.4 is 0 Å². The molecule has 0 aromatic rings. The van der Waals surface area contributed by atoms with Gasteiger partial charge in [0.25, 0.3) is 0 Å². The van der Waals surface area contributed by atoms with E-state index in [1.165, 1.54) is 32.1 Å². The largest absolute Gasteiger partial charge is 0.382 e. The molecule has 0 aromatic carbocycles. The maximum Gasteiger partial charge on any atom is 0.0704 e.